The molecule has 6 nitrogen and oxygen atoms in total. The summed E-state index contributed by atoms with van der Waals surface area (Å²) in [6.45, 7) is 2.40. The quantitative estimate of drug-likeness (QED) is 0.688. The molecule has 4 rings (SSSR count). The maximum Gasteiger partial charge on any atom is 0.416 e. The first kappa shape index (κ1) is 19.2. The number of nitrogens with one attached hydrogen (secondary N) is 1. The van der Waals surface area contributed by atoms with Crippen molar-refractivity contribution < 1.29 is 13.2 Å². The van der Waals surface area contributed by atoms with Gasteiger partial charge in [0.15, 0.2) is 11.5 Å². The van der Waals surface area contributed by atoms with Crippen molar-refractivity contribution in [3.05, 3.63) is 47.5 Å². The van der Waals surface area contributed by atoms with Crippen molar-refractivity contribution in [3.8, 4) is 6.07 Å². The number of rotatable bonds is 5. The fraction of sp³-hybridized carbons (Fsp3) is 0.400. The first-order valence-electron chi connectivity index (χ1n) is 9.41. The molecule has 2 aromatic heterocycles. The Hall–Kier alpha value is -3.15. The van der Waals surface area contributed by atoms with E-state index >= 15 is 0 Å². The molecule has 1 N–H and O–H groups in total. The lowest BCUT2D eigenvalue weighted by molar-refractivity contribution is -0.137. The summed E-state index contributed by atoms with van der Waals surface area (Å²) in [5, 5.41) is 12.6. The summed E-state index contributed by atoms with van der Waals surface area (Å²) >= 11 is 0. The number of nitrogens with zero attached hydrogens (tertiary/aromatic N) is 5. The number of anilines is 1. The molecule has 0 bridgehead atoms. The molecule has 0 amide bonds. The maximum absolute atomic E-state index is 12.8. The first-order valence-corrected chi connectivity index (χ1v) is 9.41. The lowest BCUT2D eigenvalue weighted by Gasteiger charge is -2.32. The van der Waals surface area contributed by atoms with Gasteiger partial charge in [-0.1, -0.05) is 18.6 Å². The lowest BCUT2D eigenvalue weighted by Crippen LogP contribution is -2.31. The van der Waals surface area contributed by atoms with Gasteiger partial charge in [0.05, 0.1) is 11.9 Å². The molecule has 1 saturated carbocycles. The van der Waals surface area contributed by atoms with Gasteiger partial charge in [-0.05, 0) is 43.4 Å². The molecule has 0 aliphatic heterocycles. The fourth-order valence-corrected chi connectivity index (χ4v) is 3.52. The van der Waals surface area contributed by atoms with Crippen molar-refractivity contribution in [1.29, 1.82) is 5.26 Å². The summed E-state index contributed by atoms with van der Waals surface area (Å²) in [7, 11) is 0. The van der Waals surface area contributed by atoms with Gasteiger partial charge in [0.2, 0.25) is 5.82 Å². The molecule has 1 aromatic carbocycles. The van der Waals surface area contributed by atoms with E-state index < -0.39 is 11.7 Å². The molecule has 0 unspecified atom stereocenters. The van der Waals surface area contributed by atoms with Crippen LogP contribution >= 0.6 is 0 Å². The van der Waals surface area contributed by atoms with Crippen molar-refractivity contribution in [3.63, 3.8) is 0 Å². The highest BCUT2D eigenvalue weighted by atomic mass is 19.4. The Morgan fingerprint density at radius 2 is 1.97 bits per heavy atom. The van der Waals surface area contributed by atoms with Crippen LogP contribution in [0.4, 0.5) is 19.0 Å². The Bertz CT molecular complexity index is 1060. The standard InChI is InChI=1S/C20H19F3N6/c1-12(14-3-2-4-14)26-19-17-18(27-16(9-24)28-19)25-11-29(17)10-13-5-7-15(8-6-13)20(21,22)23/h5-8,11-12,14H,2-4,10H2,1H3,(H,26,27,28)/t12-/m1/s1. The topological polar surface area (TPSA) is 79.4 Å². The minimum Gasteiger partial charge on any atom is -0.365 e. The normalized spacial score (nSPS) is 15.7. The van der Waals surface area contributed by atoms with Crippen molar-refractivity contribution >= 4 is 17.0 Å². The molecule has 0 saturated heterocycles. The molecule has 2 heterocycles. The van der Waals surface area contributed by atoms with Gasteiger partial charge in [-0.2, -0.15) is 28.4 Å². The van der Waals surface area contributed by atoms with Gasteiger partial charge >= 0.3 is 6.18 Å². The molecule has 29 heavy (non-hydrogen) atoms. The van der Waals surface area contributed by atoms with E-state index in [0.29, 0.717) is 35.0 Å². The SMILES string of the molecule is C[C@@H](Nc1nc(C#N)nc2ncn(Cc3ccc(C(F)(F)F)cc3)c12)C1CCC1. The van der Waals surface area contributed by atoms with Crippen LogP contribution in [0, 0.1) is 17.2 Å². The van der Waals surface area contributed by atoms with E-state index in [1.54, 1.807) is 10.9 Å². The van der Waals surface area contributed by atoms with Gasteiger partial charge in [-0.3, -0.25) is 0 Å². The smallest absolute Gasteiger partial charge is 0.365 e. The van der Waals surface area contributed by atoms with Crippen LogP contribution in [0.5, 0.6) is 0 Å². The van der Waals surface area contributed by atoms with Crippen LogP contribution in [0.1, 0.15) is 43.1 Å². The van der Waals surface area contributed by atoms with E-state index in [1.165, 1.54) is 18.6 Å². The second-order valence-electron chi connectivity index (χ2n) is 7.37. The van der Waals surface area contributed by atoms with Crippen molar-refractivity contribution in [2.24, 2.45) is 5.92 Å². The van der Waals surface area contributed by atoms with Crippen LogP contribution in [-0.4, -0.2) is 25.6 Å². The average molecular weight is 400 g/mol. The largest absolute Gasteiger partial charge is 0.416 e. The highest BCUT2D eigenvalue weighted by Crippen LogP contribution is 2.32. The Balaban J connectivity index is 1.66. The number of imidazole rings is 1. The zero-order valence-electron chi connectivity index (χ0n) is 15.7. The van der Waals surface area contributed by atoms with Crippen molar-refractivity contribution in [2.45, 2.75) is 44.9 Å². The van der Waals surface area contributed by atoms with Gasteiger partial charge in [0.1, 0.15) is 11.6 Å². The van der Waals surface area contributed by atoms with E-state index in [9.17, 15) is 18.4 Å². The highest BCUT2D eigenvalue weighted by molar-refractivity contribution is 5.83. The van der Waals surface area contributed by atoms with Crippen LogP contribution in [0.15, 0.2) is 30.6 Å². The molecule has 0 radical (unpaired) electrons. The molecule has 1 atom stereocenters. The van der Waals surface area contributed by atoms with Crippen LogP contribution in [0.2, 0.25) is 0 Å². The fourth-order valence-electron chi connectivity index (χ4n) is 3.52. The van der Waals surface area contributed by atoms with Crippen LogP contribution in [0.3, 0.4) is 0 Å². The average Bonchev–Trinajstić information content (AvgIpc) is 3.02. The van der Waals surface area contributed by atoms with Gasteiger partial charge in [0, 0.05) is 12.6 Å². The molecule has 0 spiro atoms. The predicted octanol–water partition coefficient (Wildman–Crippen LogP) is 4.37. The van der Waals surface area contributed by atoms with Gasteiger partial charge in [0.25, 0.3) is 0 Å². The van der Waals surface area contributed by atoms with E-state index in [2.05, 4.69) is 27.2 Å². The highest BCUT2D eigenvalue weighted by Gasteiger charge is 2.30. The third-order valence-electron chi connectivity index (χ3n) is 5.43. The zero-order chi connectivity index (χ0) is 20.6. The van der Waals surface area contributed by atoms with Gasteiger partial charge < -0.3 is 9.88 Å². The number of alkyl halides is 3. The third kappa shape index (κ3) is 3.88. The third-order valence-corrected chi connectivity index (χ3v) is 5.43. The second-order valence-corrected chi connectivity index (χ2v) is 7.37. The van der Waals surface area contributed by atoms with E-state index in [4.69, 9.17) is 0 Å². The predicted molar refractivity (Wildman–Crippen MR) is 101 cm³/mol. The van der Waals surface area contributed by atoms with Crippen molar-refractivity contribution in [2.75, 3.05) is 5.32 Å². The Morgan fingerprint density at radius 1 is 1.24 bits per heavy atom. The van der Waals surface area contributed by atoms with E-state index in [0.717, 1.165) is 25.0 Å². The maximum atomic E-state index is 12.8. The second kappa shape index (κ2) is 7.35. The molecule has 3 aromatic rings. The Morgan fingerprint density at radius 3 is 2.55 bits per heavy atom. The number of hydrogen-bond acceptors (Lipinski definition) is 5. The van der Waals surface area contributed by atoms with Gasteiger partial charge in [-0.25, -0.2) is 4.98 Å². The number of nitriles is 1. The summed E-state index contributed by atoms with van der Waals surface area (Å²) in [5.41, 5.74) is 1.02. The summed E-state index contributed by atoms with van der Waals surface area (Å²) in [6.07, 6.45) is 0.718. The number of fused-ring (bicyclic) bond motifs is 1. The van der Waals surface area contributed by atoms with Crippen LogP contribution in [0.25, 0.3) is 11.2 Å². The lowest BCUT2D eigenvalue weighted by atomic mass is 9.80. The van der Waals surface area contributed by atoms with Crippen molar-refractivity contribution in [1.82, 2.24) is 19.5 Å². The molecular formula is C20H19F3N6. The number of benzene rings is 1. The molecule has 1 aliphatic carbocycles. The van der Waals surface area contributed by atoms with E-state index in [1.807, 2.05) is 6.07 Å². The number of halogens is 3. The number of hydrogen-bond donors (Lipinski definition) is 1. The summed E-state index contributed by atoms with van der Waals surface area (Å²) in [4.78, 5) is 12.8. The molecular weight excluding hydrogens is 381 g/mol. The molecule has 9 heteroatoms. The molecule has 1 fully saturated rings. The zero-order valence-corrected chi connectivity index (χ0v) is 15.7. The summed E-state index contributed by atoms with van der Waals surface area (Å²) in [6, 6.07) is 7.16. The minimum absolute atomic E-state index is 0.0283. The monoisotopic (exact) mass is 400 g/mol. The molecule has 1 aliphatic rings. The van der Waals surface area contributed by atoms with Gasteiger partial charge in [-0.15, -0.1) is 0 Å². The van der Waals surface area contributed by atoms with Crippen LogP contribution < -0.4 is 5.32 Å². The summed E-state index contributed by atoms with van der Waals surface area (Å²) < 4.78 is 40.1. The van der Waals surface area contributed by atoms with E-state index in [-0.39, 0.29) is 11.9 Å². The minimum atomic E-state index is -4.36. The first-order chi connectivity index (χ1) is 13.8. The summed E-state index contributed by atoms with van der Waals surface area (Å²) in [5.74, 6) is 1.10. The molecule has 150 valence electrons. The Labute approximate surface area is 165 Å². The van der Waals surface area contributed by atoms with Crippen LogP contribution in [-0.2, 0) is 12.7 Å². The number of aromatic nitrogens is 4. The Kier molecular flexibility index (Phi) is 4.86.